The molecule has 1 aliphatic heterocycles. The summed E-state index contributed by atoms with van der Waals surface area (Å²) in [4.78, 5) is 37.8. The first-order chi connectivity index (χ1) is 11.5. The highest BCUT2D eigenvalue weighted by Gasteiger charge is 2.51. The number of hydrogen-bond donors (Lipinski definition) is 1. The minimum absolute atomic E-state index is 0.582. The predicted octanol–water partition coefficient (Wildman–Crippen LogP) is 2.69. The Kier molecular flexibility index (Phi) is 4.00. The number of hydrogen-bond acceptors (Lipinski definition) is 3. The molecule has 1 unspecified atom stereocenters. The summed E-state index contributed by atoms with van der Waals surface area (Å²) in [5, 5.41) is 2.61. The molecule has 1 saturated heterocycles. The van der Waals surface area contributed by atoms with Gasteiger partial charge in [-0.1, -0.05) is 60.7 Å². The predicted molar refractivity (Wildman–Crippen MR) is 89.7 cm³/mol. The number of nitrogens with zero attached hydrogens (tertiary/aromatic N) is 1. The largest absolute Gasteiger partial charge is 0.332 e. The molecule has 1 fully saturated rings. The second-order valence-electron chi connectivity index (χ2n) is 5.64. The smallest absolute Gasteiger partial charge is 0.319 e. The van der Waals surface area contributed by atoms with Gasteiger partial charge >= 0.3 is 6.03 Å². The Morgan fingerprint density at radius 2 is 1.58 bits per heavy atom. The molecule has 0 radical (unpaired) electrons. The number of rotatable bonds is 3. The molecule has 1 N–H and O–H groups in total. The van der Waals surface area contributed by atoms with Crippen molar-refractivity contribution >= 4 is 23.9 Å². The van der Waals surface area contributed by atoms with E-state index in [9.17, 15) is 14.4 Å². The van der Waals surface area contributed by atoms with Gasteiger partial charge in [0.05, 0.1) is 0 Å². The minimum atomic E-state index is -1.24. The molecule has 24 heavy (non-hydrogen) atoms. The Labute approximate surface area is 139 Å². The van der Waals surface area contributed by atoms with Crippen LogP contribution in [0, 0.1) is 0 Å². The van der Waals surface area contributed by atoms with Crippen molar-refractivity contribution in [3.63, 3.8) is 0 Å². The van der Waals surface area contributed by atoms with Crippen LogP contribution in [0.4, 0.5) is 4.79 Å². The van der Waals surface area contributed by atoms with Gasteiger partial charge in [-0.2, -0.15) is 4.90 Å². The zero-order valence-corrected chi connectivity index (χ0v) is 13.1. The first kappa shape index (κ1) is 15.7. The van der Waals surface area contributed by atoms with Crippen LogP contribution in [-0.2, 0) is 15.1 Å². The van der Waals surface area contributed by atoms with Gasteiger partial charge in [-0.3, -0.25) is 9.59 Å². The maximum atomic E-state index is 12.7. The maximum absolute atomic E-state index is 12.7. The lowest BCUT2D eigenvalue weighted by molar-refractivity contribution is -0.139. The van der Waals surface area contributed by atoms with Crippen LogP contribution < -0.4 is 5.32 Å². The lowest BCUT2D eigenvalue weighted by Gasteiger charge is -2.21. The van der Waals surface area contributed by atoms with Crippen molar-refractivity contribution in [2.24, 2.45) is 0 Å². The molecule has 5 heteroatoms. The average molecular weight is 320 g/mol. The number of urea groups is 1. The summed E-state index contributed by atoms with van der Waals surface area (Å²) in [5.74, 6) is -1.25. The third-order valence-corrected chi connectivity index (χ3v) is 3.98. The fraction of sp³-hybridized carbons (Fsp3) is 0.105. The topological polar surface area (TPSA) is 66.5 Å². The standard InChI is InChI=1S/C19H16N2O3/c1-19(15-10-6-3-7-11-15)17(23)21(18(24)20-19)16(22)13-12-14-8-4-2-5-9-14/h2-13H,1H3,(H,20,24)/b13-12+. The van der Waals surface area contributed by atoms with Gasteiger partial charge in [0.2, 0.25) is 0 Å². The zero-order chi connectivity index (χ0) is 17.2. The normalized spacial score (nSPS) is 20.5. The summed E-state index contributed by atoms with van der Waals surface area (Å²) in [6.07, 6.45) is 2.80. The van der Waals surface area contributed by atoms with Crippen molar-refractivity contribution in [2.45, 2.75) is 12.5 Å². The van der Waals surface area contributed by atoms with E-state index in [0.717, 1.165) is 5.56 Å². The van der Waals surface area contributed by atoms with E-state index in [1.807, 2.05) is 36.4 Å². The molecule has 1 atom stereocenters. The molecule has 0 saturated carbocycles. The number of benzene rings is 2. The van der Waals surface area contributed by atoms with Gasteiger partial charge in [-0.05, 0) is 24.1 Å². The van der Waals surface area contributed by atoms with Gasteiger partial charge < -0.3 is 5.32 Å². The molecule has 2 aromatic carbocycles. The lowest BCUT2D eigenvalue weighted by atomic mass is 9.92. The second-order valence-corrected chi connectivity index (χ2v) is 5.64. The molecule has 5 nitrogen and oxygen atoms in total. The fourth-order valence-corrected chi connectivity index (χ4v) is 2.61. The summed E-state index contributed by atoms with van der Waals surface area (Å²) in [5.41, 5.74) is 0.198. The SMILES string of the molecule is CC1(c2ccccc2)NC(=O)N(C(=O)/C=C/c2ccccc2)C1=O. The Balaban J connectivity index is 1.84. The van der Waals surface area contributed by atoms with Crippen LogP contribution in [0.25, 0.3) is 6.08 Å². The molecule has 0 spiro atoms. The molecule has 1 aliphatic rings. The van der Waals surface area contributed by atoms with Crippen molar-refractivity contribution in [3.05, 3.63) is 77.9 Å². The molecule has 2 aromatic rings. The summed E-state index contributed by atoms with van der Waals surface area (Å²) >= 11 is 0. The van der Waals surface area contributed by atoms with Crippen LogP contribution in [0.2, 0.25) is 0 Å². The molecule has 0 aliphatic carbocycles. The third kappa shape index (κ3) is 2.72. The number of carbonyl (C=O) groups excluding carboxylic acids is 3. The first-order valence-electron chi connectivity index (χ1n) is 7.52. The zero-order valence-electron chi connectivity index (χ0n) is 13.1. The van der Waals surface area contributed by atoms with Gasteiger partial charge in [0.15, 0.2) is 0 Å². The molecular formula is C19H16N2O3. The summed E-state index contributed by atoms with van der Waals surface area (Å²) < 4.78 is 0. The third-order valence-electron chi connectivity index (χ3n) is 3.98. The highest BCUT2D eigenvalue weighted by molar-refractivity contribution is 6.21. The molecule has 120 valence electrons. The molecule has 0 bridgehead atoms. The highest BCUT2D eigenvalue weighted by atomic mass is 16.2. The number of imide groups is 3. The number of nitrogens with one attached hydrogen (secondary N) is 1. The highest BCUT2D eigenvalue weighted by Crippen LogP contribution is 2.28. The Morgan fingerprint density at radius 3 is 2.21 bits per heavy atom. The van der Waals surface area contributed by atoms with Gasteiger partial charge in [-0.15, -0.1) is 0 Å². The molecule has 1 heterocycles. The van der Waals surface area contributed by atoms with Crippen LogP contribution >= 0.6 is 0 Å². The Morgan fingerprint density at radius 1 is 1.00 bits per heavy atom. The minimum Gasteiger partial charge on any atom is -0.319 e. The molecule has 4 amide bonds. The van der Waals surface area contributed by atoms with Crippen molar-refractivity contribution in [1.82, 2.24) is 10.2 Å². The Bertz CT molecular complexity index is 815. The van der Waals surface area contributed by atoms with Crippen molar-refractivity contribution < 1.29 is 14.4 Å². The maximum Gasteiger partial charge on any atom is 0.332 e. The van der Waals surface area contributed by atoms with Crippen molar-refractivity contribution in [2.75, 3.05) is 0 Å². The van der Waals surface area contributed by atoms with E-state index in [1.165, 1.54) is 6.08 Å². The van der Waals surface area contributed by atoms with Gasteiger partial charge in [0.25, 0.3) is 11.8 Å². The van der Waals surface area contributed by atoms with Crippen LogP contribution in [0.15, 0.2) is 66.7 Å². The fourth-order valence-electron chi connectivity index (χ4n) is 2.61. The van der Waals surface area contributed by atoms with E-state index in [0.29, 0.717) is 10.5 Å². The van der Waals surface area contributed by atoms with Crippen LogP contribution in [0.3, 0.4) is 0 Å². The van der Waals surface area contributed by atoms with E-state index < -0.39 is 23.4 Å². The summed E-state index contributed by atoms with van der Waals surface area (Å²) in [7, 11) is 0. The van der Waals surface area contributed by atoms with Crippen LogP contribution in [-0.4, -0.2) is 22.7 Å². The molecular weight excluding hydrogens is 304 g/mol. The van der Waals surface area contributed by atoms with Crippen LogP contribution in [0.1, 0.15) is 18.1 Å². The quantitative estimate of drug-likeness (QED) is 0.698. The monoisotopic (exact) mass is 320 g/mol. The van der Waals surface area contributed by atoms with Gasteiger partial charge in [-0.25, -0.2) is 4.79 Å². The summed E-state index contributed by atoms with van der Waals surface area (Å²) in [6, 6.07) is 17.3. The van der Waals surface area contributed by atoms with E-state index >= 15 is 0 Å². The number of carbonyl (C=O) groups is 3. The molecule has 0 aromatic heterocycles. The van der Waals surface area contributed by atoms with Crippen molar-refractivity contribution in [1.29, 1.82) is 0 Å². The lowest BCUT2D eigenvalue weighted by Crippen LogP contribution is -2.41. The number of amides is 4. The van der Waals surface area contributed by atoms with Crippen molar-refractivity contribution in [3.8, 4) is 0 Å². The second kappa shape index (κ2) is 6.12. The van der Waals surface area contributed by atoms with E-state index in [1.54, 1.807) is 37.3 Å². The van der Waals surface area contributed by atoms with E-state index in [4.69, 9.17) is 0 Å². The van der Waals surface area contributed by atoms with Gasteiger partial charge in [0, 0.05) is 6.08 Å². The Hall–Kier alpha value is -3.21. The van der Waals surface area contributed by atoms with Gasteiger partial charge in [0.1, 0.15) is 5.54 Å². The average Bonchev–Trinajstić information content (AvgIpc) is 2.84. The molecule has 3 rings (SSSR count). The van der Waals surface area contributed by atoms with Crippen LogP contribution in [0.5, 0.6) is 0 Å². The first-order valence-corrected chi connectivity index (χ1v) is 7.52. The summed E-state index contributed by atoms with van der Waals surface area (Å²) in [6.45, 7) is 1.59. The van der Waals surface area contributed by atoms with E-state index in [-0.39, 0.29) is 0 Å². The van der Waals surface area contributed by atoms with E-state index in [2.05, 4.69) is 5.32 Å².